The first kappa shape index (κ1) is 20.6. The van der Waals surface area contributed by atoms with Gasteiger partial charge >= 0.3 is 0 Å². The number of allylic oxidation sites excluding steroid dienone is 2. The molecule has 0 atom stereocenters. The monoisotopic (exact) mass is 461 g/mol. The number of rotatable bonds is 3. The van der Waals surface area contributed by atoms with Crippen LogP contribution in [-0.4, -0.2) is 16.5 Å². The maximum absolute atomic E-state index is 5.04. The second-order valence-electron chi connectivity index (χ2n) is 9.18. The first-order chi connectivity index (χ1) is 17.8. The summed E-state index contributed by atoms with van der Waals surface area (Å²) in [6.45, 7) is 0.861. The average Bonchev–Trinajstić information content (AvgIpc) is 2.96. The summed E-state index contributed by atoms with van der Waals surface area (Å²) in [6, 6.07) is 36.4. The van der Waals surface area contributed by atoms with Gasteiger partial charge in [0.1, 0.15) is 0 Å². The lowest BCUT2D eigenvalue weighted by Crippen LogP contribution is -2.09. The lowest BCUT2D eigenvalue weighted by molar-refractivity contribution is 0.975. The quantitative estimate of drug-likeness (QED) is 0.292. The third-order valence-corrected chi connectivity index (χ3v) is 6.85. The van der Waals surface area contributed by atoms with Crippen LogP contribution in [-0.2, 0) is 0 Å². The lowest BCUT2D eigenvalue weighted by Gasteiger charge is -2.10. The van der Waals surface area contributed by atoms with Gasteiger partial charge < -0.3 is 5.32 Å². The van der Waals surface area contributed by atoms with E-state index in [2.05, 4.69) is 121 Å². The predicted molar refractivity (Wildman–Crippen MR) is 151 cm³/mol. The molecule has 0 fully saturated rings. The van der Waals surface area contributed by atoms with Crippen molar-refractivity contribution in [3.63, 3.8) is 0 Å². The van der Waals surface area contributed by atoms with Crippen molar-refractivity contribution in [3.8, 4) is 22.4 Å². The number of benzene rings is 4. The number of dihydropyridines is 1. The highest BCUT2D eigenvalue weighted by molar-refractivity contribution is 5.91. The molecule has 0 radical (unpaired) electrons. The highest BCUT2D eigenvalue weighted by Gasteiger charge is 2.08. The summed E-state index contributed by atoms with van der Waals surface area (Å²) in [4.78, 5) is 9.99. The van der Waals surface area contributed by atoms with Crippen molar-refractivity contribution < 1.29 is 0 Å². The number of nitrogens with zero attached hydrogens (tertiary/aromatic N) is 2. The Balaban J connectivity index is 1.28. The van der Waals surface area contributed by atoms with Gasteiger partial charge in [-0.05, 0) is 52.2 Å². The van der Waals surface area contributed by atoms with E-state index in [4.69, 9.17) is 9.97 Å². The topological polar surface area (TPSA) is 37.8 Å². The molecule has 3 nitrogen and oxygen atoms in total. The molecule has 3 heterocycles. The zero-order valence-corrected chi connectivity index (χ0v) is 19.6. The van der Waals surface area contributed by atoms with E-state index in [0.717, 1.165) is 62.0 Å². The zero-order valence-electron chi connectivity index (χ0n) is 19.6. The number of fused-ring (bicyclic) bond motifs is 3. The minimum Gasteiger partial charge on any atom is -0.387 e. The van der Waals surface area contributed by atoms with E-state index in [0.29, 0.717) is 0 Å². The summed E-state index contributed by atoms with van der Waals surface area (Å²) in [7, 11) is 0. The van der Waals surface area contributed by atoms with Gasteiger partial charge in [-0.1, -0.05) is 84.9 Å². The predicted octanol–water partition coefficient (Wildman–Crippen LogP) is 7.77. The van der Waals surface area contributed by atoms with Crippen molar-refractivity contribution in [1.29, 1.82) is 0 Å². The van der Waals surface area contributed by atoms with Gasteiger partial charge in [0.05, 0.1) is 22.4 Å². The van der Waals surface area contributed by atoms with Gasteiger partial charge in [-0.25, -0.2) is 9.97 Å². The summed E-state index contributed by atoms with van der Waals surface area (Å²) in [5.74, 6) is 0. The van der Waals surface area contributed by atoms with Crippen LogP contribution in [0.1, 0.15) is 5.69 Å². The highest BCUT2D eigenvalue weighted by Crippen LogP contribution is 2.30. The molecule has 3 heteroatoms. The van der Waals surface area contributed by atoms with Crippen molar-refractivity contribution in [1.82, 2.24) is 15.3 Å². The normalized spacial score (nSPS) is 13.2. The second kappa shape index (κ2) is 8.47. The molecule has 1 aliphatic rings. The molecule has 6 aromatic rings. The summed E-state index contributed by atoms with van der Waals surface area (Å²) in [5, 5.41) is 8.00. The molecule has 0 unspecified atom stereocenters. The Morgan fingerprint density at radius 2 is 1.14 bits per heavy atom. The maximum atomic E-state index is 5.04. The van der Waals surface area contributed by atoms with Crippen molar-refractivity contribution in [2.24, 2.45) is 0 Å². The van der Waals surface area contributed by atoms with E-state index in [1.807, 2.05) is 6.20 Å². The Morgan fingerprint density at radius 1 is 0.528 bits per heavy atom. The summed E-state index contributed by atoms with van der Waals surface area (Å²) < 4.78 is 0. The van der Waals surface area contributed by atoms with Crippen LogP contribution in [0.15, 0.2) is 121 Å². The maximum Gasteiger partial charge on any atom is 0.0724 e. The lowest BCUT2D eigenvalue weighted by atomic mass is 10.0. The van der Waals surface area contributed by atoms with E-state index in [9.17, 15) is 0 Å². The van der Waals surface area contributed by atoms with Crippen LogP contribution < -0.4 is 5.32 Å². The Hall–Kier alpha value is -4.76. The smallest absolute Gasteiger partial charge is 0.0724 e. The van der Waals surface area contributed by atoms with Gasteiger partial charge in [-0.15, -0.1) is 0 Å². The van der Waals surface area contributed by atoms with Crippen molar-refractivity contribution >= 4 is 38.2 Å². The number of hydrogen-bond acceptors (Lipinski definition) is 3. The fourth-order valence-electron chi connectivity index (χ4n) is 4.89. The molecule has 0 saturated carbocycles. The van der Waals surface area contributed by atoms with Crippen LogP contribution >= 0.6 is 0 Å². The zero-order chi connectivity index (χ0) is 23.9. The van der Waals surface area contributed by atoms with Gasteiger partial charge in [0.2, 0.25) is 0 Å². The molecule has 0 amide bonds. The first-order valence-corrected chi connectivity index (χ1v) is 12.2. The highest BCUT2D eigenvalue weighted by atomic mass is 14.8. The Bertz CT molecular complexity index is 1850. The summed E-state index contributed by atoms with van der Waals surface area (Å²) >= 11 is 0. The Labute approximate surface area is 209 Å². The van der Waals surface area contributed by atoms with Gasteiger partial charge in [0.25, 0.3) is 0 Å². The number of hydrogen-bond donors (Lipinski definition) is 1. The van der Waals surface area contributed by atoms with Crippen LogP contribution in [0, 0.1) is 0 Å². The third-order valence-electron chi connectivity index (χ3n) is 6.85. The first-order valence-electron chi connectivity index (χ1n) is 12.2. The molecule has 170 valence electrons. The van der Waals surface area contributed by atoms with Gasteiger partial charge in [0.15, 0.2) is 0 Å². The Kier molecular flexibility index (Phi) is 4.85. The van der Waals surface area contributed by atoms with Crippen LogP contribution in [0.25, 0.3) is 60.5 Å². The van der Waals surface area contributed by atoms with Crippen LogP contribution in [0.3, 0.4) is 0 Å². The standard InChI is InChI=1S/C33H23N3/c1-2-5-25-18-28(12-7-22(25)4-1)30-15-13-23-8-10-26(19-32(23)35-30)27-11-9-24-14-16-31(36-33(24)20-27)29-6-3-17-34-21-29/h1-16,18-21,34H,17H2. The molecule has 4 aromatic carbocycles. The van der Waals surface area contributed by atoms with Crippen LogP contribution in [0.2, 0.25) is 0 Å². The van der Waals surface area contributed by atoms with Crippen molar-refractivity contribution in [2.45, 2.75) is 0 Å². The largest absolute Gasteiger partial charge is 0.387 e. The number of pyridine rings is 2. The second-order valence-corrected chi connectivity index (χ2v) is 9.18. The molecule has 2 aromatic heterocycles. The molecule has 36 heavy (non-hydrogen) atoms. The number of nitrogens with one attached hydrogen (secondary N) is 1. The summed E-state index contributed by atoms with van der Waals surface area (Å²) in [6.07, 6.45) is 6.27. The molecule has 0 saturated heterocycles. The molecule has 0 bridgehead atoms. The van der Waals surface area contributed by atoms with E-state index >= 15 is 0 Å². The minimum absolute atomic E-state index is 0.861. The molecule has 0 aliphatic carbocycles. The minimum atomic E-state index is 0.861. The molecule has 1 aliphatic heterocycles. The molecule has 1 N–H and O–H groups in total. The number of aromatic nitrogens is 2. The Morgan fingerprint density at radius 3 is 1.86 bits per heavy atom. The summed E-state index contributed by atoms with van der Waals surface area (Å²) in [5.41, 5.74) is 8.44. The van der Waals surface area contributed by atoms with E-state index < -0.39 is 0 Å². The molecule has 7 rings (SSSR count). The van der Waals surface area contributed by atoms with Gasteiger partial charge in [-0.3, -0.25) is 0 Å². The SMILES string of the molecule is C1=CC(c2ccc3ccc(-c4ccc5ccc(-c6ccc7ccccc7c6)nc5c4)cc3n2)=CNC1. The van der Waals surface area contributed by atoms with Crippen molar-refractivity contribution in [2.75, 3.05) is 6.54 Å². The molecular formula is C33H23N3. The van der Waals surface area contributed by atoms with E-state index in [1.54, 1.807) is 0 Å². The van der Waals surface area contributed by atoms with Gasteiger partial charge in [0, 0.05) is 34.7 Å². The fraction of sp³-hybridized carbons (Fsp3) is 0.0303. The molecular weight excluding hydrogens is 438 g/mol. The molecule has 0 spiro atoms. The van der Waals surface area contributed by atoms with Crippen LogP contribution in [0.4, 0.5) is 0 Å². The average molecular weight is 462 g/mol. The van der Waals surface area contributed by atoms with Crippen molar-refractivity contribution in [3.05, 3.63) is 127 Å². The van der Waals surface area contributed by atoms with E-state index in [-0.39, 0.29) is 0 Å². The van der Waals surface area contributed by atoms with Gasteiger partial charge in [-0.2, -0.15) is 0 Å². The third kappa shape index (κ3) is 3.71. The fourth-order valence-corrected chi connectivity index (χ4v) is 4.89. The van der Waals surface area contributed by atoms with E-state index in [1.165, 1.54) is 10.8 Å². The van der Waals surface area contributed by atoms with Crippen LogP contribution in [0.5, 0.6) is 0 Å².